The van der Waals surface area contributed by atoms with Crippen molar-refractivity contribution in [1.82, 2.24) is 4.98 Å². The third-order valence-corrected chi connectivity index (χ3v) is 4.61. The summed E-state index contributed by atoms with van der Waals surface area (Å²) in [6.07, 6.45) is 2.27. The first-order chi connectivity index (χ1) is 10.7. The third kappa shape index (κ3) is 3.28. The number of carbonyl (C=O) groups is 1. The lowest BCUT2D eigenvalue weighted by Gasteiger charge is -2.18. The maximum Gasteiger partial charge on any atom is 0.267 e. The fraction of sp³-hybridized carbons (Fsp3) is 0.375. The molecule has 1 amide bonds. The van der Waals surface area contributed by atoms with Crippen LogP contribution in [-0.2, 0) is 0 Å². The van der Waals surface area contributed by atoms with Crippen molar-refractivity contribution in [3.05, 3.63) is 40.3 Å². The molecule has 6 heteroatoms. The fourth-order valence-electron chi connectivity index (χ4n) is 2.34. The van der Waals surface area contributed by atoms with Gasteiger partial charge in [0.25, 0.3) is 5.91 Å². The summed E-state index contributed by atoms with van der Waals surface area (Å²) in [6.45, 7) is 0.696. The largest absolute Gasteiger partial charge is 0.395 e. The van der Waals surface area contributed by atoms with Gasteiger partial charge in [-0.2, -0.15) is 0 Å². The molecule has 5 nitrogen and oxygen atoms in total. The Kier molecular flexibility index (Phi) is 4.40. The van der Waals surface area contributed by atoms with Crippen LogP contribution in [0.5, 0.6) is 0 Å². The van der Waals surface area contributed by atoms with Gasteiger partial charge in [-0.15, -0.1) is 11.3 Å². The molecule has 1 heterocycles. The maximum atomic E-state index is 12.4. The number of amides is 1. The van der Waals surface area contributed by atoms with E-state index in [-0.39, 0.29) is 12.5 Å². The summed E-state index contributed by atoms with van der Waals surface area (Å²) in [6, 6.07) is 7.61. The van der Waals surface area contributed by atoms with E-state index in [4.69, 9.17) is 5.11 Å². The van der Waals surface area contributed by atoms with Crippen LogP contribution in [0, 0.1) is 0 Å². The summed E-state index contributed by atoms with van der Waals surface area (Å²) in [5.74, 6) is 0.391. The minimum Gasteiger partial charge on any atom is -0.395 e. The first-order valence-electron chi connectivity index (χ1n) is 7.36. The van der Waals surface area contributed by atoms with Crippen LogP contribution < -0.4 is 10.2 Å². The Bertz CT molecular complexity index is 650. The molecule has 1 aromatic carbocycles. The van der Waals surface area contributed by atoms with Gasteiger partial charge in [0.1, 0.15) is 4.88 Å². The van der Waals surface area contributed by atoms with Crippen LogP contribution in [0.1, 0.15) is 34.1 Å². The lowest BCUT2D eigenvalue weighted by Crippen LogP contribution is -2.21. The standard InChI is InChI=1S/C16H19N3O2S/c1-19(8-9-20)13-6-4-12(5-7-13)18-16(21)15-14(11-2-3-11)17-10-22-15/h4-7,10-11,20H,2-3,8-9H2,1H3,(H,18,21). The summed E-state index contributed by atoms with van der Waals surface area (Å²) in [5, 5.41) is 11.9. The summed E-state index contributed by atoms with van der Waals surface area (Å²) in [4.78, 5) is 19.4. The minimum absolute atomic E-state index is 0.0825. The number of rotatable bonds is 6. The predicted molar refractivity (Wildman–Crippen MR) is 88.8 cm³/mol. The number of likely N-dealkylation sites (N-methyl/N-ethyl adjacent to an activating group) is 1. The lowest BCUT2D eigenvalue weighted by atomic mass is 10.2. The van der Waals surface area contributed by atoms with Crippen molar-refractivity contribution in [3.8, 4) is 0 Å². The summed E-state index contributed by atoms with van der Waals surface area (Å²) in [7, 11) is 1.92. The lowest BCUT2D eigenvalue weighted by molar-refractivity contribution is 0.102. The van der Waals surface area contributed by atoms with Crippen molar-refractivity contribution < 1.29 is 9.90 Å². The zero-order valence-corrected chi connectivity index (χ0v) is 13.3. The Balaban J connectivity index is 1.67. The smallest absolute Gasteiger partial charge is 0.267 e. The van der Waals surface area contributed by atoms with Gasteiger partial charge in [-0.3, -0.25) is 4.79 Å². The van der Waals surface area contributed by atoms with E-state index in [1.807, 2.05) is 36.2 Å². The summed E-state index contributed by atoms with van der Waals surface area (Å²) >= 11 is 1.40. The number of nitrogens with zero attached hydrogens (tertiary/aromatic N) is 2. The molecule has 3 rings (SSSR count). The van der Waals surface area contributed by atoms with Crippen molar-refractivity contribution in [3.63, 3.8) is 0 Å². The average Bonchev–Trinajstić information content (AvgIpc) is 3.25. The van der Waals surface area contributed by atoms with Gasteiger partial charge in [0.05, 0.1) is 17.8 Å². The van der Waals surface area contributed by atoms with Gasteiger partial charge in [0.15, 0.2) is 0 Å². The zero-order chi connectivity index (χ0) is 15.5. The molecule has 0 bridgehead atoms. The highest BCUT2D eigenvalue weighted by Gasteiger charge is 2.30. The number of aliphatic hydroxyl groups is 1. The third-order valence-electron chi connectivity index (χ3n) is 3.77. The Hall–Kier alpha value is -1.92. The van der Waals surface area contributed by atoms with Gasteiger partial charge in [0.2, 0.25) is 0 Å². The summed E-state index contributed by atoms with van der Waals surface area (Å²) < 4.78 is 0. The molecule has 0 atom stereocenters. The van der Waals surface area contributed by atoms with E-state index in [0.29, 0.717) is 12.5 Å². The maximum absolute atomic E-state index is 12.4. The quantitative estimate of drug-likeness (QED) is 0.860. The second-order valence-electron chi connectivity index (χ2n) is 5.49. The van der Waals surface area contributed by atoms with Crippen molar-refractivity contribution in [1.29, 1.82) is 0 Å². The minimum atomic E-state index is -0.0825. The molecular weight excluding hydrogens is 298 g/mol. The van der Waals surface area contributed by atoms with E-state index in [1.54, 1.807) is 5.51 Å². The van der Waals surface area contributed by atoms with Crippen LogP contribution >= 0.6 is 11.3 Å². The number of hydrogen-bond acceptors (Lipinski definition) is 5. The van der Waals surface area contributed by atoms with E-state index in [0.717, 1.165) is 34.8 Å². The van der Waals surface area contributed by atoms with Gasteiger partial charge >= 0.3 is 0 Å². The number of aliphatic hydroxyl groups excluding tert-OH is 1. The monoisotopic (exact) mass is 317 g/mol. The van der Waals surface area contributed by atoms with Crippen LogP contribution in [0.15, 0.2) is 29.8 Å². The second-order valence-corrected chi connectivity index (χ2v) is 6.34. The molecule has 0 aliphatic heterocycles. The molecule has 2 aromatic rings. The van der Waals surface area contributed by atoms with Crippen molar-refractivity contribution in [2.75, 3.05) is 30.4 Å². The van der Waals surface area contributed by atoms with Crippen molar-refractivity contribution >= 4 is 28.6 Å². The van der Waals surface area contributed by atoms with E-state index in [9.17, 15) is 4.79 Å². The Morgan fingerprint density at radius 2 is 2.14 bits per heavy atom. The van der Waals surface area contributed by atoms with E-state index >= 15 is 0 Å². The molecule has 0 unspecified atom stereocenters. The predicted octanol–water partition coefficient (Wildman–Crippen LogP) is 2.70. The molecule has 0 saturated heterocycles. The molecular formula is C16H19N3O2S. The Labute approximate surface area is 133 Å². The second kappa shape index (κ2) is 6.46. The van der Waals surface area contributed by atoms with Crippen LogP contribution in [0.25, 0.3) is 0 Å². The highest BCUT2D eigenvalue weighted by Crippen LogP contribution is 2.41. The Morgan fingerprint density at radius 3 is 2.77 bits per heavy atom. The van der Waals surface area contributed by atoms with Gasteiger partial charge < -0.3 is 15.3 Å². The van der Waals surface area contributed by atoms with Crippen molar-refractivity contribution in [2.24, 2.45) is 0 Å². The van der Waals surface area contributed by atoms with Crippen molar-refractivity contribution in [2.45, 2.75) is 18.8 Å². The van der Waals surface area contributed by atoms with Crippen LogP contribution in [0.3, 0.4) is 0 Å². The molecule has 22 heavy (non-hydrogen) atoms. The molecule has 2 N–H and O–H groups in total. The number of hydrogen-bond donors (Lipinski definition) is 2. The highest BCUT2D eigenvalue weighted by molar-refractivity contribution is 7.12. The topological polar surface area (TPSA) is 65.5 Å². The fourth-order valence-corrected chi connectivity index (χ4v) is 3.11. The molecule has 1 aliphatic rings. The first-order valence-corrected chi connectivity index (χ1v) is 8.24. The van der Waals surface area contributed by atoms with Gasteiger partial charge in [-0.25, -0.2) is 4.98 Å². The zero-order valence-electron chi connectivity index (χ0n) is 12.5. The number of carbonyl (C=O) groups excluding carboxylic acids is 1. The number of nitrogens with one attached hydrogen (secondary N) is 1. The number of thiazole rings is 1. The molecule has 1 fully saturated rings. The molecule has 1 saturated carbocycles. The number of benzene rings is 1. The molecule has 116 valence electrons. The van der Waals surface area contributed by atoms with E-state index in [1.165, 1.54) is 11.3 Å². The normalized spacial score (nSPS) is 13.9. The number of anilines is 2. The molecule has 1 aromatic heterocycles. The van der Waals surface area contributed by atoms with Crippen LogP contribution in [0.4, 0.5) is 11.4 Å². The van der Waals surface area contributed by atoms with E-state index in [2.05, 4.69) is 10.3 Å². The SMILES string of the molecule is CN(CCO)c1ccc(NC(=O)c2scnc2C2CC2)cc1. The molecule has 0 spiro atoms. The molecule has 1 aliphatic carbocycles. The van der Waals surface area contributed by atoms with Gasteiger partial charge in [0, 0.05) is 30.9 Å². The first kappa shape index (κ1) is 15.0. The van der Waals surface area contributed by atoms with Gasteiger partial charge in [-0.1, -0.05) is 0 Å². The van der Waals surface area contributed by atoms with Crippen LogP contribution in [-0.4, -0.2) is 36.2 Å². The number of aromatic nitrogens is 1. The van der Waals surface area contributed by atoms with Gasteiger partial charge in [-0.05, 0) is 37.1 Å². The Morgan fingerprint density at radius 1 is 1.41 bits per heavy atom. The van der Waals surface area contributed by atoms with E-state index < -0.39 is 0 Å². The average molecular weight is 317 g/mol. The summed E-state index contributed by atoms with van der Waals surface area (Å²) in [5.41, 5.74) is 4.46. The van der Waals surface area contributed by atoms with Crippen LogP contribution in [0.2, 0.25) is 0 Å². The highest BCUT2D eigenvalue weighted by atomic mass is 32.1. The molecule has 0 radical (unpaired) electrons.